The number of sulfonamides is 1. The molecule has 2 aliphatic rings. The van der Waals surface area contributed by atoms with Crippen molar-refractivity contribution in [1.82, 2.24) is 10.6 Å². The smallest absolute Gasteiger partial charge is 0.251 e. The van der Waals surface area contributed by atoms with Crippen LogP contribution in [0.1, 0.15) is 35.7 Å². The number of hydrogen-bond donors (Lipinski definition) is 2. The maximum absolute atomic E-state index is 12.4. The molecule has 1 fully saturated rings. The summed E-state index contributed by atoms with van der Waals surface area (Å²) in [5.74, 6) is -0.0790. The van der Waals surface area contributed by atoms with Gasteiger partial charge in [-0.2, -0.15) is 0 Å². The van der Waals surface area contributed by atoms with Gasteiger partial charge < -0.3 is 10.6 Å². The molecule has 2 unspecified atom stereocenters. The molecule has 0 saturated carbocycles. The Labute approximate surface area is 137 Å². The highest BCUT2D eigenvalue weighted by Gasteiger charge is 2.27. The van der Waals surface area contributed by atoms with Crippen LogP contribution in [0.5, 0.6) is 0 Å². The minimum Gasteiger partial charge on any atom is -0.349 e. The number of carbonyl (C=O) groups is 1. The highest BCUT2D eigenvalue weighted by Crippen LogP contribution is 2.30. The topological polar surface area (TPSA) is 78.5 Å². The number of hydrogen-bond acceptors (Lipinski definition) is 4. The van der Waals surface area contributed by atoms with Crippen LogP contribution < -0.4 is 14.9 Å². The number of nitrogens with zero attached hydrogens (tertiary/aromatic N) is 1. The van der Waals surface area contributed by atoms with Crippen LogP contribution in [0.25, 0.3) is 0 Å². The number of benzene rings is 1. The summed E-state index contributed by atoms with van der Waals surface area (Å²) in [5.41, 5.74) is 2.21. The van der Waals surface area contributed by atoms with Crippen LogP contribution in [0.4, 0.5) is 5.69 Å². The van der Waals surface area contributed by atoms with E-state index in [4.69, 9.17) is 0 Å². The van der Waals surface area contributed by atoms with Crippen molar-refractivity contribution in [3.05, 3.63) is 29.3 Å². The highest BCUT2D eigenvalue weighted by atomic mass is 32.2. The summed E-state index contributed by atoms with van der Waals surface area (Å²) in [5, 5.41) is 6.45. The van der Waals surface area contributed by atoms with E-state index in [2.05, 4.69) is 17.6 Å². The number of amides is 1. The van der Waals surface area contributed by atoms with Crippen LogP contribution in [-0.4, -0.2) is 45.8 Å². The second kappa shape index (κ2) is 6.13. The molecule has 0 spiro atoms. The van der Waals surface area contributed by atoms with Crippen molar-refractivity contribution < 1.29 is 13.2 Å². The van der Waals surface area contributed by atoms with E-state index in [-0.39, 0.29) is 11.9 Å². The molecule has 0 aliphatic carbocycles. The van der Waals surface area contributed by atoms with Gasteiger partial charge >= 0.3 is 0 Å². The van der Waals surface area contributed by atoms with Gasteiger partial charge in [-0.05, 0) is 56.5 Å². The molecule has 2 heterocycles. The second-order valence-electron chi connectivity index (χ2n) is 6.48. The first-order valence-corrected chi connectivity index (χ1v) is 9.84. The Morgan fingerprint density at radius 1 is 1.39 bits per heavy atom. The Morgan fingerprint density at radius 3 is 2.87 bits per heavy atom. The van der Waals surface area contributed by atoms with Crippen LogP contribution in [0.3, 0.4) is 0 Å². The van der Waals surface area contributed by atoms with Crippen LogP contribution >= 0.6 is 0 Å². The van der Waals surface area contributed by atoms with Gasteiger partial charge in [-0.1, -0.05) is 0 Å². The number of anilines is 1. The van der Waals surface area contributed by atoms with Crippen molar-refractivity contribution in [2.45, 2.75) is 38.3 Å². The fourth-order valence-electron chi connectivity index (χ4n) is 3.39. The molecule has 1 aromatic carbocycles. The third kappa shape index (κ3) is 3.50. The number of piperidine rings is 1. The molecule has 0 bridgehead atoms. The van der Waals surface area contributed by atoms with Gasteiger partial charge in [0.25, 0.3) is 5.91 Å². The second-order valence-corrected chi connectivity index (χ2v) is 8.39. The zero-order chi connectivity index (χ0) is 16.6. The lowest BCUT2D eigenvalue weighted by atomic mass is 10.00. The Morgan fingerprint density at radius 2 is 2.17 bits per heavy atom. The normalized spacial score (nSPS) is 24.3. The summed E-state index contributed by atoms with van der Waals surface area (Å²) in [6.45, 7) is 3.48. The van der Waals surface area contributed by atoms with Crippen molar-refractivity contribution in [1.29, 1.82) is 0 Å². The van der Waals surface area contributed by atoms with E-state index < -0.39 is 10.0 Å². The van der Waals surface area contributed by atoms with Gasteiger partial charge in [-0.3, -0.25) is 9.10 Å². The molecule has 0 radical (unpaired) electrons. The summed E-state index contributed by atoms with van der Waals surface area (Å²) < 4.78 is 24.9. The van der Waals surface area contributed by atoms with Crippen LogP contribution in [0.2, 0.25) is 0 Å². The van der Waals surface area contributed by atoms with E-state index in [0.29, 0.717) is 30.3 Å². The Balaban J connectivity index is 1.74. The van der Waals surface area contributed by atoms with Crippen molar-refractivity contribution in [3.63, 3.8) is 0 Å². The van der Waals surface area contributed by atoms with E-state index in [0.717, 1.165) is 24.9 Å². The Bertz CT molecular complexity index is 717. The van der Waals surface area contributed by atoms with Crippen LogP contribution in [-0.2, 0) is 16.4 Å². The fourth-order valence-corrected chi connectivity index (χ4v) is 4.35. The summed E-state index contributed by atoms with van der Waals surface area (Å²) in [6, 6.07) is 5.88. The first kappa shape index (κ1) is 16.3. The summed E-state index contributed by atoms with van der Waals surface area (Å²) in [4.78, 5) is 12.4. The first-order valence-electron chi connectivity index (χ1n) is 7.99. The van der Waals surface area contributed by atoms with Gasteiger partial charge in [-0.25, -0.2) is 8.42 Å². The van der Waals surface area contributed by atoms with Gasteiger partial charge in [0.2, 0.25) is 10.0 Å². The monoisotopic (exact) mass is 337 g/mol. The standard InChI is InChI=1S/C16H23N3O3S/c1-11-9-14(5-7-17-11)18-16(20)13-3-4-15-12(10-13)6-8-19(15)23(2,21)22/h3-4,10-11,14,17H,5-9H2,1-2H3,(H,18,20). The molecule has 1 aromatic rings. The maximum atomic E-state index is 12.4. The van der Waals surface area contributed by atoms with Crippen LogP contribution in [0.15, 0.2) is 18.2 Å². The quantitative estimate of drug-likeness (QED) is 0.858. The first-order chi connectivity index (χ1) is 10.8. The lowest BCUT2D eigenvalue weighted by molar-refractivity contribution is 0.0925. The summed E-state index contributed by atoms with van der Waals surface area (Å²) in [6.07, 6.45) is 3.72. The number of rotatable bonds is 3. The molecule has 126 valence electrons. The average Bonchev–Trinajstić information content (AvgIpc) is 2.90. The molecule has 7 heteroatoms. The molecule has 1 amide bonds. The van der Waals surface area contributed by atoms with Crippen molar-refractivity contribution >= 4 is 21.6 Å². The van der Waals surface area contributed by atoms with E-state index in [1.54, 1.807) is 12.1 Å². The van der Waals surface area contributed by atoms with E-state index in [9.17, 15) is 13.2 Å². The largest absolute Gasteiger partial charge is 0.349 e. The van der Waals surface area contributed by atoms with Gasteiger partial charge in [-0.15, -0.1) is 0 Å². The number of carbonyl (C=O) groups excluding carboxylic acids is 1. The van der Waals surface area contributed by atoms with Gasteiger partial charge in [0.1, 0.15) is 0 Å². The third-order valence-electron chi connectivity index (χ3n) is 4.55. The molecule has 2 atom stereocenters. The SMILES string of the molecule is CC1CC(NC(=O)c2ccc3c(c2)CCN3S(C)(=O)=O)CCN1. The van der Waals surface area contributed by atoms with Gasteiger partial charge in [0, 0.05) is 24.2 Å². The van der Waals surface area contributed by atoms with Gasteiger partial charge in [0.15, 0.2) is 0 Å². The molecular formula is C16H23N3O3S. The lowest BCUT2D eigenvalue weighted by Crippen LogP contribution is -2.46. The number of nitrogens with one attached hydrogen (secondary N) is 2. The molecule has 1 saturated heterocycles. The molecule has 2 N–H and O–H groups in total. The Kier molecular flexibility index (Phi) is 4.33. The Hall–Kier alpha value is -1.60. The molecule has 2 aliphatic heterocycles. The third-order valence-corrected chi connectivity index (χ3v) is 5.73. The summed E-state index contributed by atoms with van der Waals surface area (Å²) in [7, 11) is -3.25. The molecule has 0 aromatic heterocycles. The molecular weight excluding hydrogens is 314 g/mol. The maximum Gasteiger partial charge on any atom is 0.251 e. The number of fused-ring (bicyclic) bond motifs is 1. The highest BCUT2D eigenvalue weighted by molar-refractivity contribution is 7.92. The summed E-state index contributed by atoms with van der Waals surface area (Å²) >= 11 is 0. The van der Waals surface area contributed by atoms with E-state index >= 15 is 0 Å². The zero-order valence-electron chi connectivity index (χ0n) is 13.5. The predicted octanol–water partition coefficient (Wildman–Crippen LogP) is 0.879. The van der Waals surface area contributed by atoms with Crippen molar-refractivity contribution in [2.24, 2.45) is 0 Å². The lowest BCUT2D eigenvalue weighted by Gasteiger charge is -2.28. The minimum absolute atomic E-state index is 0.0790. The average molecular weight is 337 g/mol. The minimum atomic E-state index is -3.25. The van der Waals surface area contributed by atoms with E-state index in [1.165, 1.54) is 10.6 Å². The molecule has 23 heavy (non-hydrogen) atoms. The predicted molar refractivity (Wildman–Crippen MR) is 90.3 cm³/mol. The van der Waals surface area contributed by atoms with Crippen LogP contribution in [0, 0.1) is 0 Å². The van der Waals surface area contributed by atoms with Crippen molar-refractivity contribution in [3.8, 4) is 0 Å². The molecule has 6 nitrogen and oxygen atoms in total. The molecule has 3 rings (SSSR count). The fraction of sp³-hybridized carbons (Fsp3) is 0.562. The zero-order valence-corrected chi connectivity index (χ0v) is 14.3. The van der Waals surface area contributed by atoms with E-state index in [1.807, 2.05) is 6.07 Å². The van der Waals surface area contributed by atoms with Gasteiger partial charge in [0.05, 0.1) is 11.9 Å². The van der Waals surface area contributed by atoms with Crippen molar-refractivity contribution in [2.75, 3.05) is 23.7 Å².